The van der Waals surface area contributed by atoms with Crippen LogP contribution in [-0.4, -0.2) is 34.2 Å². The first-order valence-electron chi connectivity index (χ1n) is 8.37. The van der Waals surface area contributed by atoms with Gasteiger partial charge in [-0.15, -0.1) is 0 Å². The fourth-order valence-corrected chi connectivity index (χ4v) is 3.16. The molecular weight excluding hydrogens is 334 g/mol. The van der Waals surface area contributed by atoms with Crippen molar-refractivity contribution in [1.29, 1.82) is 0 Å². The van der Waals surface area contributed by atoms with Crippen LogP contribution in [-0.2, 0) is 0 Å². The Morgan fingerprint density at radius 2 is 1.96 bits per heavy atom. The molecule has 0 atom stereocenters. The van der Waals surface area contributed by atoms with Crippen molar-refractivity contribution in [3.05, 3.63) is 69.0 Å². The quantitative estimate of drug-likeness (QED) is 0.573. The molecule has 1 aliphatic heterocycles. The van der Waals surface area contributed by atoms with Crippen molar-refractivity contribution in [2.24, 2.45) is 0 Å². The topological polar surface area (TPSA) is 93.3 Å². The second kappa shape index (κ2) is 6.57. The van der Waals surface area contributed by atoms with Gasteiger partial charge in [-0.1, -0.05) is 18.2 Å². The number of hydrogen-bond acceptors (Lipinski definition) is 6. The minimum Gasteiger partial charge on any atom is -0.329 e. The number of fused-ring (bicyclic) bond motifs is 1. The van der Waals surface area contributed by atoms with E-state index in [1.807, 2.05) is 35.2 Å². The lowest BCUT2D eigenvalue weighted by atomic mass is 10.2. The fourth-order valence-electron chi connectivity index (χ4n) is 3.16. The van der Waals surface area contributed by atoms with Crippen molar-refractivity contribution in [3.8, 4) is 5.69 Å². The molecule has 0 spiro atoms. The van der Waals surface area contributed by atoms with Crippen LogP contribution in [0, 0.1) is 10.1 Å². The van der Waals surface area contributed by atoms with E-state index in [4.69, 9.17) is 0 Å². The highest BCUT2D eigenvalue weighted by Crippen LogP contribution is 2.23. The first-order valence-corrected chi connectivity index (χ1v) is 8.37. The summed E-state index contributed by atoms with van der Waals surface area (Å²) < 4.78 is 1.53. The van der Waals surface area contributed by atoms with E-state index in [2.05, 4.69) is 10.3 Å². The van der Waals surface area contributed by atoms with Crippen molar-refractivity contribution in [3.63, 3.8) is 0 Å². The van der Waals surface area contributed by atoms with Crippen molar-refractivity contribution in [2.75, 3.05) is 24.7 Å². The normalized spacial score (nSPS) is 14.5. The highest BCUT2D eigenvalue weighted by atomic mass is 16.6. The summed E-state index contributed by atoms with van der Waals surface area (Å²) in [6, 6.07) is 13.4. The number of hydrogen-bond donors (Lipinski definition) is 1. The third kappa shape index (κ3) is 2.80. The standard InChI is InChI=1S/C18H17N5O3/c24-17-15-11-14(23(25)26)7-8-16(15)20-18(21-10-4-9-19-12-21)22(17)13-5-2-1-3-6-13/h1-3,5-8,11,19H,4,9-10,12H2. The lowest BCUT2D eigenvalue weighted by Crippen LogP contribution is -2.44. The number of para-hydroxylation sites is 1. The Morgan fingerprint density at radius 3 is 2.65 bits per heavy atom. The number of nitro groups is 1. The molecule has 0 saturated carbocycles. The van der Waals surface area contributed by atoms with Crippen molar-refractivity contribution in [2.45, 2.75) is 6.42 Å². The van der Waals surface area contributed by atoms with E-state index < -0.39 is 4.92 Å². The Hall–Kier alpha value is -3.26. The fraction of sp³-hybridized carbons (Fsp3) is 0.222. The molecule has 132 valence electrons. The molecule has 0 amide bonds. The number of rotatable bonds is 3. The van der Waals surface area contributed by atoms with E-state index >= 15 is 0 Å². The average molecular weight is 351 g/mol. The largest absolute Gasteiger partial charge is 0.329 e. The molecule has 1 fully saturated rings. The molecule has 1 saturated heterocycles. The van der Waals surface area contributed by atoms with Gasteiger partial charge in [-0.2, -0.15) is 0 Å². The van der Waals surface area contributed by atoms with Gasteiger partial charge in [0.25, 0.3) is 11.2 Å². The lowest BCUT2D eigenvalue weighted by Gasteiger charge is -2.30. The zero-order valence-corrected chi connectivity index (χ0v) is 14.0. The summed E-state index contributed by atoms with van der Waals surface area (Å²) in [6.07, 6.45) is 0.947. The van der Waals surface area contributed by atoms with Gasteiger partial charge in [0.05, 0.1) is 28.2 Å². The first-order chi connectivity index (χ1) is 12.6. The van der Waals surface area contributed by atoms with Crippen LogP contribution >= 0.6 is 0 Å². The Morgan fingerprint density at radius 1 is 1.15 bits per heavy atom. The zero-order chi connectivity index (χ0) is 18.1. The smallest absolute Gasteiger partial charge is 0.270 e. The maximum atomic E-state index is 13.2. The SMILES string of the molecule is O=c1c2cc([N+](=O)[O-])ccc2nc(N2CCCNC2)n1-c1ccccc1. The van der Waals surface area contributed by atoms with Gasteiger partial charge in [0.15, 0.2) is 0 Å². The third-order valence-corrected chi connectivity index (χ3v) is 4.43. The molecule has 2 aromatic carbocycles. The summed E-state index contributed by atoms with van der Waals surface area (Å²) in [5.74, 6) is 0.537. The van der Waals surface area contributed by atoms with Gasteiger partial charge in [0.1, 0.15) is 0 Å². The van der Waals surface area contributed by atoms with E-state index in [0.717, 1.165) is 19.5 Å². The molecule has 0 bridgehead atoms. The molecule has 0 radical (unpaired) electrons. The lowest BCUT2D eigenvalue weighted by molar-refractivity contribution is -0.384. The third-order valence-electron chi connectivity index (χ3n) is 4.43. The Kier molecular flexibility index (Phi) is 4.10. The van der Waals surface area contributed by atoms with E-state index in [1.165, 1.54) is 22.8 Å². The second-order valence-corrected chi connectivity index (χ2v) is 6.12. The predicted molar refractivity (Wildman–Crippen MR) is 98.8 cm³/mol. The van der Waals surface area contributed by atoms with Crippen LogP contribution in [0.15, 0.2) is 53.3 Å². The highest BCUT2D eigenvalue weighted by molar-refractivity contribution is 5.82. The van der Waals surface area contributed by atoms with Gasteiger partial charge in [-0.3, -0.25) is 20.2 Å². The molecule has 3 aromatic rings. The van der Waals surface area contributed by atoms with Crippen molar-refractivity contribution in [1.82, 2.24) is 14.9 Å². The van der Waals surface area contributed by atoms with Gasteiger partial charge >= 0.3 is 0 Å². The summed E-state index contributed by atoms with van der Waals surface area (Å²) in [5, 5.41) is 14.6. The number of benzene rings is 2. The summed E-state index contributed by atoms with van der Waals surface area (Å²) in [6.45, 7) is 2.30. The molecule has 0 aliphatic carbocycles. The van der Waals surface area contributed by atoms with Crippen LogP contribution < -0.4 is 15.8 Å². The van der Waals surface area contributed by atoms with Gasteiger partial charge < -0.3 is 4.90 Å². The summed E-state index contributed by atoms with van der Waals surface area (Å²) in [7, 11) is 0. The monoisotopic (exact) mass is 351 g/mol. The van der Waals surface area contributed by atoms with Gasteiger partial charge in [-0.05, 0) is 31.2 Å². The van der Waals surface area contributed by atoms with E-state index in [0.29, 0.717) is 23.8 Å². The van der Waals surface area contributed by atoms with E-state index in [9.17, 15) is 14.9 Å². The van der Waals surface area contributed by atoms with E-state index in [1.54, 1.807) is 0 Å². The molecular formula is C18H17N5O3. The number of nitrogens with zero attached hydrogens (tertiary/aromatic N) is 4. The number of aromatic nitrogens is 2. The highest BCUT2D eigenvalue weighted by Gasteiger charge is 2.21. The summed E-state index contributed by atoms with van der Waals surface area (Å²) >= 11 is 0. The number of nitrogens with one attached hydrogen (secondary N) is 1. The van der Waals surface area contributed by atoms with Gasteiger partial charge in [0, 0.05) is 18.7 Å². The van der Waals surface area contributed by atoms with Crippen molar-refractivity contribution < 1.29 is 4.92 Å². The molecule has 8 nitrogen and oxygen atoms in total. The van der Waals surface area contributed by atoms with Crippen LogP contribution in [0.1, 0.15) is 6.42 Å². The summed E-state index contributed by atoms with van der Waals surface area (Å²) in [4.78, 5) is 30.5. The maximum absolute atomic E-state index is 13.2. The number of nitro benzene ring substituents is 1. The van der Waals surface area contributed by atoms with Crippen LogP contribution in [0.2, 0.25) is 0 Å². The predicted octanol–water partition coefficient (Wildman–Crippen LogP) is 2.05. The molecule has 4 rings (SSSR count). The number of non-ortho nitro benzene ring substituents is 1. The first kappa shape index (κ1) is 16.2. The molecule has 0 unspecified atom stereocenters. The Balaban J connectivity index is 2.00. The van der Waals surface area contributed by atoms with E-state index in [-0.39, 0.29) is 16.6 Å². The Bertz CT molecular complexity index is 1030. The molecule has 1 N–H and O–H groups in total. The molecule has 26 heavy (non-hydrogen) atoms. The summed E-state index contributed by atoms with van der Waals surface area (Å²) in [5.41, 5.74) is 0.696. The minimum absolute atomic E-state index is 0.122. The van der Waals surface area contributed by atoms with Crippen LogP contribution in [0.25, 0.3) is 16.6 Å². The van der Waals surface area contributed by atoms with Gasteiger partial charge in [0.2, 0.25) is 5.95 Å². The van der Waals surface area contributed by atoms with Crippen LogP contribution in [0.5, 0.6) is 0 Å². The number of anilines is 1. The van der Waals surface area contributed by atoms with Crippen LogP contribution in [0.4, 0.5) is 11.6 Å². The molecule has 1 aromatic heterocycles. The molecule has 1 aliphatic rings. The van der Waals surface area contributed by atoms with Crippen molar-refractivity contribution >= 4 is 22.5 Å². The second-order valence-electron chi connectivity index (χ2n) is 6.12. The Labute approximate surface area is 148 Å². The molecule has 8 heteroatoms. The maximum Gasteiger partial charge on any atom is 0.270 e. The zero-order valence-electron chi connectivity index (χ0n) is 14.0. The minimum atomic E-state index is -0.506. The van der Waals surface area contributed by atoms with Gasteiger partial charge in [-0.25, -0.2) is 9.55 Å². The van der Waals surface area contributed by atoms with Crippen LogP contribution in [0.3, 0.4) is 0 Å². The average Bonchev–Trinajstić information content (AvgIpc) is 2.69. The molecule has 2 heterocycles.